The van der Waals surface area contributed by atoms with Gasteiger partial charge in [0, 0.05) is 24.9 Å². The highest BCUT2D eigenvalue weighted by molar-refractivity contribution is 8.14. The van der Waals surface area contributed by atoms with Crippen molar-refractivity contribution in [1.82, 2.24) is 4.90 Å². The maximum atomic E-state index is 5.78. The van der Waals surface area contributed by atoms with Gasteiger partial charge in [-0.2, -0.15) is 5.10 Å². The summed E-state index contributed by atoms with van der Waals surface area (Å²) in [5.74, 6) is 8.35. The molecule has 2 N–H and O–H groups in total. The lowest BCUT2D eigenvalue weighted by molar-refractivity contribution is 0.0975. The molecular weight excluding hydrogens is 378 g/mol. The van der Waals surface area contributed by atoms with Crippen molar-refractivity contribution in [2.75, 3.05) is 26.2 Å². The Kier molecular flexibility index (Phi) is 9.13. The summed E-state index contributed by atoms with van der Waals surface area (Å²) in [5, 5.41) is 5.64. The molecule has 0 amide bonds. The molecule has 0 aromatic rings. The number of allylic oxidation sites excluding steroid dienone is 1. The minimum absolute atomic E-state index is 0.236. The summed E-state index contributed by atoms with van der Waals surface area (Å²) in [6.45, 7) is 11.4. The second-order valence-corrected chi connectivity index (χ2v) is 10.6. The van der Waals surface area contributed by atoms with Crippen LogP contribution in [-0.4, -0.2) is 47.5 Å². The first kappa shape index (κ1) is 22.9. The zero-order valence-electron chi connectivity index (χ0n) is 18.7. The van der Waals surface area contributed by atoms with Crippen LogP contribution in [0.15, 0.2) is 28.9 Å². The molecule has 4 nitrogen and oxygen atoms in total. The van der Waals surface area contributed by atoms with Crippen molar-refractivity contribution in [3.63, 3.8) is 0 Å². The minimum atomic E-state index is 0.236. The minimum Gasteiger partial charge on any atom is -0.374 e. The van der Waals surface area contributed by atoms with E-state index in [0.717, 1.165) is 42.2 Å². The van der Waals surface area contributed by atoms with Crippen LogP contribution >= 0.6 is 11.8 Å². The third-order valence-electron chi connectivity index (χ3n) is 6.74. The Labute approximate surface area is 182 Å². The monoisotopic (exact) mass is 419 g/mol. The molecule has 29 heavy (non-hydrogen) atoms. The van der Waals surface area contributed by atoms with E-state index >= 15 is 0 Å². The maximum Gasteiger partial charge on any atom is 0.0934 e. The van der Waals surface area contributed by atoms with E-state index in [2.05, 4.69) is 49.0 Å². The van der Waals surface area contributed by atoms with Gasteiger partial charge in [0.15, 0.2) is 0 Å². The molecule has 0 aromatic carbocycles. The summed E-state index contributed by atoms with van der Waals surface area (Å²) in [5.41, 5.74) is 1.37. The van der Waals surface area contributed by atoms with Crippen LogP contribution in [-0.2, 0) is 4.74 Å². The van der Waals surface area contributed by atoms with Gasteiger partial charge in [0.2, 0.25) is 0 Å². The molecule has 3 rings (SSSR count). The van der Waals surface area contributed by atoms with Crippen LogP contribution in [0.25, 0.3) is 0 Å². The molecule has 1 saturated carbocycles. The van der Waals surface area contributed by atoms with Crippen molar-refractivity contribution in [3.05, 3.63) is 23.8 Å². The van der Waals surface area contributed by atoms with E-state index in [1.807, 2.05) is 11.8 Å². The van der Waals surface area contributed by atoms with Crippen LogP contribution in [0.1, 0.15) is 65.7 Å². The molecule has 3 aliphatic rings. The fourth-order valence-electron chi connectivity index (χ4n) is 4.76. The van der Waals surface area contributed by atoms with E-state index in [9.17, 15) is 0 Å². The fourth-order valence-corrected chi connectivity index (χ4v) is 5.78. The van der Waals surface area contributed by atoms with E-state index in [1.165, 1.54) is 57.3 Å². The van der Waals surface area contributed by atoms with Crippen LogP contribution in [0.5, 0.6) is 0 Å². The number of hydrogen-bond acceptors (Lipinski definition) is 5. The quantitative estimate of drug-likeness (QED) is 0.241. The Hall–Kier alpha value is -0.780. The summed E-state index contributed by atoms with van der Waals surface area (Å²) in [4.78, 5) is 2.73. The van der Waals surface area contributed by atoms with Crippen molar-refractivity contribution in [2.45, 2.75) is 77.1 Å². The molecule has 0 spiro atoms. The fraction of sp³-hybridized carbons (Fsp3) is 0.792. The number of likely N-dealkylation sites (tertiary alicyclic amines) is 1. The lowest BCUT2D eigenvalue weighted by Gasteiger charge is -2.26. The zero-order valence-corrected chi connectivity index (χ0v) is 19.5. The third kappa shape index (κ3) is 7.45. The van der Waals surface area contributed by atoms with E-state index in [1.54, 1.807) is 0 Å². The molecule has 1 saturated heterocycles. The Morgan fingerprint density at radius 1 is 1.38 bits per heavy atom. The number of thioether (sulfide) groups is 1. The van der Waals surface area contributed by atoms with Gasteiger partial charge in [-0.05, 0) is 88.7 Å². The average molecular weight is 420 g/mol. The highest BCUT2D eigenvalue weighted by Crippen LogP contribution is 2.34. The van der Waals surface area contributed by atoms with Crippen molar-refractivity contribution >= 4 is 16.8 Å². The van der Waals surface area contributed by atoms with Crippen molar-refractivity contribution in [3.8, 4) is 0 Å². The Bertz CT molecular complexity index is 599. The smallest absolute Gasteiger partial charge is 0.0934 e. The number of rotatable bonds is 9. The molecule has 1 heterocycles. The molecule has 0 bridgehead atoms. The average Bonchev–Trinajstić information content (AvgIpc) is 3.55. The number of hydrazone groups is 1. The van der Waals surface area contributed by atoms with Gasteiger partial charge >= 0.3 is 0 Å². The molecule has 4 unspecified atom stereocenters. The third-order valence-corrected chi connectivity index (χ3v) is 7.95. The van der Waals surface area contributed by atoms with Crippen LogP contribution in [0.4, 0.5) is 0 Å². The first-order valence-electron chi connectivity index (χ1n) is 11.7. The van der Waals surface area contributed by atoms with Crippen molar-refractivity contribution in [2.24, 2.45) is 28.7 Å². The van der Waals surface area contributed by atoms with Crippen LogP contribution in [0, 0.1) is 17.8 Å². The summed E-state index contributed by atoms with van der Waals surface area (Å²) in [6, 6.07) is 0. The first-order chi connectivity index (χ1) is 14.1. The summed E-state index contributed by atoms with van der Waals surface area (Å²) >= 11 is 1.83. The highest BCUT2D eigenvalue weighted by atomic mass is 32.2. The second-order valence-electron chi connectivity index (χ2n) is 9.20. The predicted octanol–water partition coefficient (Wildman–Crippen LogP) is 5.21. The van der Waals surface area contributed by atoms with Crippen LogP contribution < -0.4 is 5.84 Å². The molecule has 1 aliphatic heterocycles. The van der Waals surface area contributed by atoms with Crippen LogP contribution in [0.2, 0.25) is 0 Å². The highest BCUT2D eigenvalue weighted by Gasteiger charge is 2.29. The summed E-state index contributed by atoms with van der Waals surface area (Å²) in [6.07, 6.45) is 15.8. The van der Waals surface area contributed by atoms with Gasteiger partial charge in [-0.25, -0.2) is 0 Å². The lowest BCUT2D eigenvalue weighted by Crippen LogP contribution is -2.31. The molecule has 2 aliphatic carbocycles. The largest absolute Gasteiger partial charge is 0.374 e. The van der Waals surface area contributed by atoms with E-state index in [-0.39, 0.29) is 6.10 Å². The molecule has 0 aromatic heterocycles. The number of ether oxygens (including phenoxy) is 1. The summed E-state index contributed by atoms with van der Waals surface area (Å²) in [7, 11) is 0. The second kappa shape index (κ2) is 11.6. The number of nitrogens with zero attached hydrogens (tertiary/aromatic N) is 2. The molecule has 0 radical (unpaired) electrons. The van der Waals surface area contributed by atoms with Gasteiger partial charge in [-0.3, -0.25) is 0 Å². The van der Waals surface area contributed by atoms with E-state index in [4.69, 9.17) is 10.6 Å². The van der Waals surface area contributed by atoms with Crippen molar-refractivity contribution < 1.29 is 4.74 Å². The topological polar surface area (TPSA) is 50.8 Å². The zero-order chi connectivity index (χ0) is 20.6. The Morgan fingerprint density at radius 3 is 2.86 bits per heavy atom. The molecule has 2 fully saturated rings. The number of nitrogens with two attached hydrogens (primary N) is 1. The summed E-state index contributed by atoms with van der Waals surface area (Å²) < 4.78 is 5.69. The normalized spacial score (nSPS) is 30.1. The standard InChI is InChI=1S/C24H41N3OS/c1-4-28-23-12-9-22(10-13-23)19(3)29-24(26-25)14-11-21-6-5-15-27(16-18(21)2)17-20-7-8-20/h9-10,12,18-21,23H,4-8,11,13-17,25H2,1-3H3. The van der Waals surface area contributed by atoms with Gasteiger partial charge in [-0.15, -0.1) is 11.8 Å². The molecule has 4 atom stereocenters. The maximum absolute atomic E-state index is 5.78. The predicted molar refractivity (Wildman–Crippen MR) is 126 cm³/mol. The van der Waals surface area contributed by atoms with Gasteiger partial charge < -0.3 is 15.5 Å². The van der Waals surface area contributed by atoms with Crippen LogP contribution in [0.3, 0.4) is 0 Å². The lowest BCUT2D eigenvalue weighted by atomic mass is 9.87. The Balaban J connectivity index is 1.43. The van der Waals surface area contributed by atoms with Gasteiger partial charge in [0.05, 0.1) is 11.1 Å². The van der Waals surface area contributed by atoms with Gasteiger partial charge in [0.1, 0.15) is 0 Å². The van der Waals surface area contributed by atoms with Crippen molar-refractivity contribution in [1.29, 1.82) is 0 Å². The molecule has 5 heteroatoms. The van der Waals surface area contributed by atoms with Gasteiger partial charge in [0.25, 0.3) is 0 Å². The van der Waals surface area contributed by atoms with Gasteiger partial charge in [-0.1, -0.05) is 25.2 Å². The molecular formula is C24H41N3OS. The number of hydrogen-bond donors (Lipinski definition) is 1. The Morgan fingerprint density at radius 2 is 2.21 bits per heavy atom. The molecule has 164 valence electrons. The first-order valence-corrected chi connectivity index (χ1v) is 12.6. The van der Waals surface area contributed by atoms with E-state index < -0.39 is 0 Å². The van der Waals surface area contributed by atoms with E-state index in [0.29, 0.717) is 5.25 Å². The SMILES string of the molecule is CCOC1C=CC(C(C)SC(CCC2CCCN(CC3CC3)CC2C)=NN)=CC1.